The topological polar surface area (TPSA) is 43.6 Å². The Hall–Kier alpha value is 1.00. The molecule has 15 heavy (non-hydrogen) atoms. The molecular weight excluding hydrogens is 533 g/mol. The third-order valence-corrected chi connectivity index (χ3v) is 5.98. The minimum atomic E-state index is 0.723. The Morgan fingerprint density at radius 3 is 2.67 bits per heavy atom. The summed E-state index contributed by atoms with van der Waals surface area (Å²) in [4.78, 5) is 1.66. The molecule has 0 aliphatic rings. The molecule has 1 rings (SSSR count). The van der Waals surface area contributed by atoms with Crippen LogP contribution in [-0.2, 0) is 13.0 Å². The number of aryl methyl sites for hydroxylation is 1. The molecule has 0 aliphatic heterocycles. The number of halogens is 3. The van der Waals surface area contributed by atoms with Gasteiger partial charge in [-0.15, -0.1) is 10.2 Å². The summed E-state index contributed by atoms with van der Waals surface area (Å²) in [6.07, 6.45) is 3.22. The summed E-state index contributed by atoms with van der Waals surface area (Å²) >= 11 is 6.90. The number of nitrogens with zero attached hydrogens (tertiary/aromatic N) is 4. The SMILES string of the molecule is CCCCc1nnn(CC(I)=C(I)I)n1. The molecule has 0 saturated heterocycles. The van der Waals surface area contributed by atoms with Crippen molar-refractivity contribution in [3.8, 4) is 0 Å². The summed E-state index contributed by atoms with van der Waals surface area (Å²) in [5.41, 5.74) is 0. The van der Waals surface area contributed by atoms with E-state index in [1.807, 2.05) is 0 Å². The van der Waals surface area contributed by atoms with E-state index in [4.69, 9.17) is 0 Å². The minimum Gasteiger partial charge on any atom is -0.159 e. The van der Waals surface area contributed by atoms with Crippen molar-refractivity contribution in [1.82, 2.24) is 20.2 Å². The Balaban J connectivity index is 2.57. The average molecular weight is 544 g/mol. The Morgan fingerprint density at radius 1 is 1.33 bits per heavy atom. The van der Waals surface area contributed by atoms with Crippen LogP contribution in [0.2, 0.25) is 0 Å². The number of hydrogen-bond donors (Lipinski definition) is 0. The van der Waals surface area contributed by atoms with Crippen LogP contribution in [0.5, 0.6) is 0 Å². The number of allylic oxidation sites excluding steroid dienone is 1. The zero-order chi connectivity index (χ0) is 11.3. The van der Waals surface area contributed by atoms with E-state index in [1.165, 1.54) is 5.17 Å². The standard InChI is InChI=1S/C8H11I3N4/c1-2-3-4-7-12-14-15(13-7)5-6(9)8(10)11/h2-5H2,1H3. The van der Waals surface area contributed by atoms with Crippen LogP contribution in [0.3, 0.4) is 0 Å². The number of rotatable bonds is 5. The van der Waals surface area contributed by atoms with Gasteiger partial charge in [0, 0.05) is 10.0 Å². The molecule has 1 aromatic rings. The van der Waals surface area contributed by atoms with Gasteiger partial charge in [0.25, 0.3) is 0 Å². The highest BCUT2D eigenvalue weighted by Gasteiger charge is 2.04. The summed E-state index contributed by atoms with van der Waals surface area (Å²) in [6, 6.07) is 0. The van der Waals surface area contributed by atoms with Crippen LogP contribution >= 0.6 is 67.8 Å². The first kappa shape index (κ1) is 14.1. The predicted octanol–water partition coefficient (Wildman–Crippen LogP) is 3.49. The largest absolute Gasteiger partial charge is 0.174 e. The lowest BCUT2D eigenvalue weighted by molar-refractivity contribution is 0.577. The van der Waals surface area contributed by atoms with Crippen molar-refractivity contribution in [1.29, 1.82) is 0 Å². The molecule has 0 bridgehead atoms. The smallest absolute Gasteiger partial charge is 0.159 e. The van der Waals surface area contributed by atoms with E-state index in [0.717, 1.165) is 31.6 Å². The van der Waals surface area contributed by atoms with Crippen molar-refractivity contribution >= 4 is 67.8 Å². The van der Waals surface area contributed by atoms with E-state index >= 15 is 0 Å². The van der Waals surface area contributed by atoms with Crippen molar-refractivity contribution < 1.29 is 0 Å². The summed E-state index contributed by atoms with van der Waals surface area (Å²) in [5, 5.41) is 12.4. The predicted molar refractivity (Wildman–Crippen MR) is 85.5 cm³/mol. The van der Waals surface area contributed by atoms with Gasteiger partial charge in [-0.1, -0.05) is 13.3 Å². The Labute approximate surface area is 130 Å². The van der Waals surface area contributed by atoms with E-state index < -0.39 is 0 Å². The molecule has 0 N–H and O–H groups in total. The Bertz CT molecular complexity index is 343. The Morgan fingerprint density at radius 2 is 2.07 bits per heavy atom. The van der Waals surface area contributed by atoms with Gasteiger partial charge in [0.05, 0.1) is 8.13 Å². The van der Waals surface area contributed by atoms with E-state index in [9.17, 15) is 0 Å². The molecule has 7 heteroatoms. The first-order valence-corrected chi connectivity index (χ1v) is 7.83. The van der Waals surface area contributed by atoms with Crippen molar-refractivity contribution in [2.75, 3.05) is 0 Å². The third-order valence-electron chi connectivity index (χ3n) is 1.73. The van der Waals surface area contributed by atoms with Crippen LogP contribution in [0.25, 0.3) is 0 Å². The number of tetrazole rings is 1. The molecule has 0 aromatic carbocycles. The number of aromatic nitrogens is 4. The summed E-state index contributed by atoms with van der Waals surface area (Å²) in [7, 11) is 0. The molecule has 0 radical (unpaired) electrons. The molecule has 1 heterocycles. The molecule has 0 atom stereocenters. The fourth-order valence-corrected chi connectivity index (χ4v) is 1.61. The van der Waals surface area contributed by atoms with Gasteiger partial charge in [-0.05, 0) is 79.4 Å². The number of unbranched alkanes of at least 4 members (excludes halogenated alkanes) is 1. The maximum absolute atomic E-state index is 4.32. The highest BCUT2D eigenvalue weighted by molar-refractivity contribution is 14.2. The normalized spacial score (nSPS) is 10.4. The van der Waals surface area contributed by atoms with Gasteiger partial charge >= 0.3 is 0 Å². The average Bonchev–Trinajstić information content (AvgIpc) is 2.62. The van der Waals surface area contributed by atoms with Crippen LogP contribution in [0.1, 0.15) is 25.6 Å². The maximum Gasteiger partial charge on any atom is 0.174 e. The molecule has 0 amide bonds. The van der Waals surface area contributed by atoms with E-state index in [2.05, 4.69) is 90.1 Å². The van der Waals surface area contributed by atoms with E-state index in [-0.39, 0.29) is 0 Å². The van der Waals surface area contributed by atoms with Crippen molar-refractivity contribution in [3.63, 3.8) is 0 Å². The lowest BCUT2D eigenvalue weighted by atomic mass is 10.2. The zero-order valence-electron chi connectivity index (χ0n) is 8.25. The molecule has 0 saturated carbocycles. The van der Waals surface area contributed by atoms with Gasteiger partial charge in [0.15, 0.2) is 5.82 Å². The molecule has 1 aromatic heterocycles. The van der Waals surface area contributed by atoms with Gasteiger partial charge in [0.1, 0.15) is 0 Å². The lowest BCUT2D eigenvalue weighted by Crippen LogP contribution is -2.03. The molecule has 84 valence electrons. The second kappa shape index (κ2) is 7.35. The summed E-state index contributed by atoms with van der Waals surface area (Å²) in [5.74, 6) is 0.851. The fraction of sp³-hybridized carbons (Fsp3) is 0.625. The summed E-state index contributed by atoms with van der Waals surface area (Å²) < 4.78 is 2.49. The number of hydrogen-bond acceptors (Lipinski definition) is 3. The van der Waals surface area contributed by atoms with Crippen LogP contribution in [0, 0.1) is 0 Å². The minimum absolute atomic E-state index is 0.723. The first-order chi connectivity index (χ1) is 7.13. The lowest BCUT2D eigenvalue weighted by Gasteiger charge is -1.97. The highest BCUT2D eigenvalue weighted by Crippen LogP contribution is 2.25. The quantitative estimate of drug-likeness (QED) is 0.534. The van der Waals surface area contributed by atoms with Gasteiger partial charge in [-0.2, -0.15) is 4.80 Å². The maximum atomic E-state index is 4.32. The van der Waals surface area contributed by atoms with E-state index in [1.54, 1.807) is 4.80 Å². The van der Waals surface area contributed by atoms with Gasteiger partial charge in [-0.25, -0.2) is 0 Å². The van der Waals surface area contributed by atoms with Crippen LogP contribution in [-0.4, -0.2) is 20.2 Å². The molecule has 0 spiro atoms. The molecule has 0 aliphatic carbocycles. The zero-order valence-corrected chi connectivity index (χ0v) is 14.7. The van der Waals surface area contributed by atoms with E-state index in [0.29, 0.717) is 0 Å². The summed E-state index contributed by atoms with van der Waals surface area (Å²) in [6.45, 7) is 2.88. The highest BCUT2D eigenvalue weighted by atomic mass is 127. The Kier molecular flexibility index (Phi) is 6.89. The van der Waals surface area contributed by atoms with Crippen LogP contribution in [0.15, 0.2) is 5.17 Å². The van der Waals surface area contributed by atoms with Crippen molar-refractivity contribution in [2.24, 2.45) is 0 Å². The molecular formula is C8H11I3N4. The molecule has 4 nitrogen and oxygen atoms in total. The second-order valence-electron chi connectivity index (χ2n) is 3.00. The fourth-order valence-electron chi connectivity index (χ4n) is 0.962. The van der Waals surface area contributed by atoms with Gasteiger partial charge < -0.3 is 0 Å². The third kappa shape index (κ3) is 5.24. The first-order valence-electron chi connectivity index (χ1n) is 4.59. The van der Waals surface area contributed by atoms with Gasteiger partial charge in [-0.3, -0.25) is 0 Å². The van der Waals surface area contributed by atoms with Crippen LogP contribution < -0.4 is 0 Å². The van der Waals surface area contributed by atoms with Crippen molar-refractivity contribution in [2.45, 2.75) is 32.7 Å². The van der Waals surface area contributed by atoms with Gasteiger partial charge in [0.2, 0.25) is 0 Å². The monoisotopic (exact) mass is 544 g/mol. The molecule has 0 fully saturated rings. The van der Waals surface area contributed by atoms with Crippen molar-refractivity contribution in [3.05, 3.63) is 11.0 Å². The second-order valence-corrected chi connectivity index (χ2v) is 8.53. The van der Waals surface area contributed by atoms with Crippen LogP contribution in [0.4, 0.5) is 0 Å². The molecule has 0 unspecified atom stereocenters.